The van der Waals surface area contributed by atoms with Gasteiger partial charge in [-0.05, 0) is 87.8 Å². The van der Waals surface area contributed by atoms with E-state index in [2.05, 4.69) is 41.9 Å². The number of H-pyrrole nitrogens is 2. The predicted molar refractivity (Wildman–Crippen MR) is 180 cm³/mol. The van der Waals surface area contributed by atoms with Crippen molar-refractivity contribution in [2.24, 2.45) is 0 Å². The number of aryl methyl sites for hydroxylation is 2. The molecule has 8 rings (SSSR count). The van der Waals surface area contributed by atoms with E-state index in [0.29, 0.717) is 37.9 Å². The molecule has 4 aromatic rings. The molecule has 0 spiro atoms. The van der Waals surface area contributed by atoms with Crippen molar-refractivity contribution in [3.05, 3.63) is 70.8 Å². The Balaban J connectivity index is 0.750. The Morgan fingerprint density at radius 2 is 1.04 bits per heavy atom. The van der Waals surface area contributed by atoms with Crippen molar-refractivity contribution in [2.45, 2.75) is 51.4 Å². The zero-order valence-corrected chi connectivity index (χ0v) is 26.8. The van der Waals surface area contributed by atoms with E-state index in [-0.39, 0.29) is 0 Å². The van der Waals surface area contributed by atoms with Gasteiger partial charge in [-0.15, -0.1) is 0 Å². The molecule has 0 amide bonds. The molecule has 244 valence electrons. The predicted octanol–water partition coefficient (Wildman–Crippen LogP) is 5.50. The molecule has 0 unspecified atom stereocenters. The van der Waals surface area contributed by atoms with Crippen LogP contribution in [-0.2, 0) is 17.6 Å². The highest BCUT2D eigenvalue weighted by atomic mass is 16.5. The molecule has 2 aliphatic heterocycles. The second-order valence-corrected chi connectivity index (χ2v) is 12.6. The normalized spacial score (nSPS) is 17.4. The van der Waals surface area contributed by atoms with E-state index < -0.39 is 0 Å². The maximum atomic E-state index is 5.83. The van der Waals surface area contributed by atoms with Crippen molar-refractivity contribution in [1.29, 1.82) is 0 Å². The first kappa shape index (κ1) is 29.7. The molecule has 0 bridgehead atoms. The highest BCUT2D eigenvalue weighted by Crippen LogP contribution is 2.31. The van der Waals surface area contributed by atoms with Crippen LogP contribution in [0.4, 0.5) is 0 Å². The number of nitrogens with one attached hydrogen (secondary N) is 2. The standard InChI is InChI=1S/C36H42N8O3/c1-2-14-43(13-1)25-5-9-29-33(21-25)41-35(39-29)31-11-7-27(23-37-31)46-19-17-45-18-20-47-28-8-12-32(38-24-28)36-40-30-10-6-26(22-34(30)42-36)44-15-3-4-16-44/h7-8,11-12,21-24H,1-6,9-10,13-20H2,(H,39,41)(H,40,42). The molecule has 2 saturated heterocycles. The van der Waals surface area contributed by atoms with Gasteiger partial charge < -0.3 is 34.0 Å². The van der Waals surface area contributed by atoms with E-state index >= 15 is 0 Å². The third-order valence-electron chi connectivity index (χ3n) is 9.47. The molecule has 2 N–H and O–H groups in total. The minimum Gasteiger partial charge on any atom is -0.490 e. The molecule has 2 fully saturated rings. The summed E-state index contributed by atoms with van der Waals surface area (Å²) >= 11 is 0. The molecule has 6 heterocycles. The van der Waals surface area contributed by atoms with E-state index in [1.165, 1.54) is 74.6 Å². The number of pyridine rings is 2. The molecule has 4 aromatic heterocycles. The van der Waals surface area contributed by atoms with Gasteiger partial charge in [0.2, 0.25) is 0 Å². The van der Waals surface area contributed by atoms with E-state index in [1.54, 1.807) is 12.4 Å². The fourth-order valence-corrected chi connectivity index (χ4v) is 6.93. The fraction of sp³-hybridized carbons (Fsp3) is 0.444. The van der Waals surface area contributed by atoms with Gasteiger partial charge in [-0.25, -0.2) is 19.9 Å². The number of nitrogens with zero attached hydrogens (tertiary/aromatic N) is 6. The summed E-state index contributed by atoms with van der Waals surface area (Å²) < 4.78 is 17.4. The summed E-state index contributed by atoms with van der Waals surface area (Å²) in [5.41, 5.74) is 8.91. The largest absolute Gasteiger partial charge is 0.490 e. The first-order valence-corrected chi connectivity index (χ1v) is 17.1. The molecule has 0 atom stereocenters. The number of rotatable bonds is 12. The summed E-state index contributed by atoms with van der Waals surface area (Å²) in [6.45, 7) is 6.43. The average molecular weight is 635 g/mol. The minimum atomic E-state index is 0.429. The highest BCUT2D eigenvalue weighted by Gasteiger charge is 2.23. The summed E-state index contributed by atoms with van der Waals surface area (Å²) in [6, 6.07) is 7.74. The number of allylic oxidation sites excluding steroid dienone is 2. The van der Waals surface area contributed by atoms with Crippen LogP contribution in [0.5, 0.6) is 11.5 Å². The zero-order chi connectivity index (χ0) is 31.4. The van der Waals surface area contributed by atoms with Crippen molar-refractivity contribution in [2.75, 3.05) is 52.6 Å². The maximum absolute atomic E-state index is 5.83. The molecule has 0 radical (unpaired) electrons. The number of aromatic nitrogens is 6. The quantitative estimate of drug-likeness (QED) is 0.195. The number of hydrogen-bond acceptors (Lipinski definition) is 9. The van der Waals surface area contributed by atoms with Gasteiger partial charge in [-0.2, -0.15) is 0 Å². The van der Waals surface area contributed by atoms with Crippen LogP contribution in [0.2, 0.25) is 0 Å². The molecular formula is C36H42N8O3. The monoisotopic (exact) mass is 634 g/mol. The number of likely N-dealkylation sites (tertiary alicyclic amines) is 2. The number of fused-ring (bicyclic) bond motifs is 2. The van der Waals surface area contributed by atoms with Crippen molar-refractivity contribution in [3.8, 4) is 34.5 Å². The number of hydrogen-bond donors (Lipinski definition) is 2. The smallest absolute Gasteiger partial charge is 0.156 e. The van der Waals surface area contributed by atoms with Crippen LogP contribution in [-0.4, -0.2) is 92.3 Å². The summed E-state index contributed by atoms with van der Waals surface area (Å²) in [4.78, 5) is 30.8. The molecular weight excluding hydrogens is 592 g/mol. The lowest BCUT2D eigenvalue weighted by molar-refractivity contribution is 0.0762. The Bertz CT molecular complexity index is 1600. The Kier molecular flexibility index (Phi) is 8.61. The molecule has 11 heteroatoms. The minimum absolute atomic E-state index is 0.429. The molecule has 0 aromatic carbocycles. The fourth-order valence-electron chi connectivity index (χ4n) is 6.93. The SMILES string of the molecule is C1=C(N2CCCC2)CCc2[nH]c(-c3ccc(OCCOCCOc4ccc(-c5nc6c([nH]5)CCC(N5CCCC5)=C6)nc4)cn3)nc21. The Labute approximate surface area is 275 Å². The molecule has 0 saturated carbocycles. The van der Waals surface area contributed by atoms with Crippen LogP contribution >= 0.6 is 0 Å². The lowest BCUT2D eigenvalue weighted by Crippen LogP contribution is -2.20. The summed E-state index contributed by atoms with van der Waals surface area (Å²) in [5, 5.41) is 0. The van der Waals surface area contributed by atoms with Crippen molar-refractivity contribution in [1.82, 2.24) is 39.7 Å². The average Bonchev–Trinajstić information content (AvgIpc) is 3.94. The summed E-state index contributed by atoms with van der Waals surface area (Å²) in [7, 11) is 0. The lowest BCUT2D eigenvalue weighted by atomic mass is 10.0. The topological polar surface area (TPSA) is 117 Å². The van der Waals surface area contributed by atoms with Gasteiger partial charge in [-0.3, -0.25) is 0 Å². The first-order chi connectivity index (χ1) is 23.2. The molecule has 4 aliphatic rings. The van der Waals surface area contributed by atoms with Gasteiger partial charge >= 0.3 is 0 Å². The van der Waals surface area contributed by atoms with Crippen LogP contribution in [0.1, 0.15) is 61.3 Å². The Hall–Kier alpha value is -4.64. The maximum Gasteiger partial charge on any atom is 0.156 e. The van der Waals surface area contributed by atoms with Crippen LogP contribution < -0.4 is 9.47 Å². The van der Waals surface area contributed by atoms with Crippen LogP contribution in [0.3, 0.4) is 0 Å². The van der Waals surface area contributed by atoms with Crippen molar-refractivity contribution in [3.63, 3.8) is 0 Å². The van der Waals surface area contributed by atoms with E-state index in [9.17, 15) is 0 Å². The zero-order valence-electron chi connectivity index (χ0n) is 26.8. The van der Waals surface area contributed by atoms with Crippen LogP contribution in [0.25, 0.3) is 35.2 Å². The van der Waals surface area contributed by atoms with Crippen LogP contribution in [0, 0.1) is 0 Å². The third-order valence-corrected chi connectivity index (χ3v) is 9.47. The van der Waals surface area contributed by atoms with E-state index in [1.807, 2.05) is 24.3 Å². The first-order valence-electron chi connectivity index (χ1n) is 17.1. The number of aromatic amines is 2. The third kappa shape index (κ3) is 6.76. The van der Waals surface area contributed by atoms with Gasteiger partial charge in [0, 0.05) is 49.0 Å². The van der Waals surface area contributed by atoms with Crippen molar-refractivity contribution < 1.29 is 14.2 Å². The Morgan fingerprint density at radius 1 is 0.574 bits per heavy atom. The second kappa shape index (κ2) is 13.6. The molecule has 47 heavy (non-hydrogen) atoms. The summed E-state index contributed by atoms with van der Waals surface area (Å²) in [5.74, 6) is 3.01. The van der Waals surface area contributed by atoms with Gasteiger partial charge in [0.15, 0.2) is 11.6 Å². The van der Waals surface area contributed by atoms with Crippen molar-refractivity contribution >= 4 is 12.2 Å². The molecule has 2 aliphatic carbocycles. The van der Waals surface area contributed by atoms with Gasteiger partial charge in [-0.1, -0.05) is 0 Å². The van der Waals surface area contributed by atoms with E-state index in [4.69, 9.17) is 24.2 Å². The number of ether oxygens (including phenoxy) is 3. The lowest BCUT2D eigenvalue weighted by Gasteiger charge is -2.23. The second-order valence-electron chi connectivity index (χ2n) is 12.6. The van der Waals surface area contributed by atoms with Gasteiger partial charge in [0.25, 0.3) is 0 Å². The van der Waals surface area contributed by atoms with E-state index in [0.717, 1.165) is 60.1 Å². The molecule has 11 nitrogen and oxygen atoms in total. The summed E-state index contributed by atoms with van der Waals surface area (Å²) in [6.07, 6.45) is 17.2. The van der Waals surface area contributed by atoms with Gasteiger partial charge in [0.05, 0.1) is 37.0 Å². The van der Waals surface area contributed by atoms with Gasteiger partial charge in [0.1, 0.15) is 36.1 Å². The number of imidazole rings is 2. The van der Waals surface area contributed by atoms with Crippen LogP contribution in [0.15, 0.2) is 48.1 Å². The Morgan fingerprint density at radius 3 is 1.47 bits per heavy atom. The highest BCUT2D eigenvalue weighted by molar-refractivity contribution is 5.61.